The van der Waals surface area contributed by atoms with E-state index in [-0.39, 0.29) is 24.6 Å². The van der Waals surface area contributed by atoms with Gasteiger partial charge in [-0.3, -0.25) is 14.5 Å². The number of nitrogens with zero attached hydrogens (tertiary/aromatic N) is 1. The molecular formula is C27H26N2O7S2. The Hall–Kier alpha value is -3.70. The first kappa shape index (κ1) is 27.3. The lowest BCUT2D eigenvalue weighted by Gasteiger charge is -2.49. The molecule has 0 saturated carbocycles. The summed E-state index contributed by atoms with van der Waals surface area (Å²) < 4.78 is 15.3. The zero-order chi connectivity index (χ0) is 27.1. The van der Waals surface area contributed by atoms with Crippen LogP contribution in [0.25, 0.3) is 0 Å². The molecule has 1 fully saturated rings. The van der Waals surface area contributed by atoms with Gasteiger partial charge in [0.1, 0.15) is 29.5 Å². The maximum atomic E-state index is 13.2. The Balaban J connectivity index is 1.48. The second kappa shape index (κ2) is 12.7. The van der Waals surface area contributed by atoms with Gasteiger partial charge in [-0.1, -0.05) is 54.2 Å². The summed E-state index contributed by atoms with van der Waals surface area (Å²) in [6.45, 7) is -0.000641. The molecule has 0 aromatic heterocycles. The number of hydrogen-bond acceptors (Lipinski definition) is 9. The average Bonchev–Trinajstić information content (AvgIpc) is 2.94. The molecule has 0 aliphatic carbocycles. The number of methoxy groups -OCH3 is 2. The molecule has 0 spiro atoms. The number of carbonyl (C=O) groups excluding carboxylic acids is 4. The highest BCUT2D eigenvalue weighted by molar-refractivity contribution is 8.08. The van der Waals surface area contributed by atoms with E-state index in [0.29, 0.717) is 16.4 Å². The van der Waals surface area contributed by atoms with Gasteiger partial charge < -0.3 is 19.5 Å². The lowest BCUT2D eigenvalue weighted by Crippen LogP contribution is -2.70. The first-order valence-electron chi connectivity index (χ1n) is 11.6. The van der Waals surface area contributed by atoms with Crippen molar-refractivity contribution in [3.05, 3.63) is 87.8 Å². The van der Waals surface area contributed by atoms with E-state index >= 15 is 0 Å². The van der Waals surface area contributed by atoms with Gasteiger partial charge >= 0.3 is 11.9 Å². The molecule has 11 heteroatoms. The predicted octanol–water partition coefficient (Wildman–Crippen LogP) is 3.01. The van der Waals surface area contributed by atoms with E-state index < -0.39 is 29.3 Å². The molecule has 0 unspecified atom stereocenters. The van der Waals surface area contributed by atoms with E-state index in [0.717, 1.165) is 22.9 Å². The summed E-state index contributed by atoms with van der Waals surface area (Å²) in [5.41, 5.74) is 1.70. The Morgan fingerprint density at radius 1 is 1.08 bits per heavy atom. The number of nitrogens with one attached hydrogen (secondary N) is 1. The Bertz CT molecular complexity index is 1260. The van der Waals surface area contributed by atoms with Crippen molar-refractivity contribution in [2.45, 2.75) is 24.4 Å². The van der Waals surface area contributed by atoms with E-state index in [2.05, 4.69) is 10.1 Å². The summed E-state index contributed by atoms with van der Waals surface area (Å²) in [4.78, 5) is 52.4. The molecule has 9 nitrogen and oxygen atoms in total. The smallest absolute Gasteiger partial charge is 0.356 e. The summed E-state index contributed by atoms with van der Waals surface area (Å²) >= 11 is 2.57. The number of amides is 2. The van der Waals surface area contributed by atoms with E-state index in [4.69, 9.17) is 9.47 Å². The number of esters is 2. The summed E-state index contributed by atoms with van der Waals surface area (Å²) in [5.74, 6) is -0.800. The number of benzene rings is 2. The average molecular weight is 555 g/mol. The first-order valence-corrected chi connectivity index (χ1v) is 13.6. The third-order valence-corrected chi connectivity index (χ3v) is 8.15. The number of thioether (sulfide) groups is 2. The number of hydrogen-bond donors (Lipinski definition) is 1. The van der Waals surface area contributed by atoms with Crippen molar-refractivity contribution in [1.82, 2.24) is 10.2 Å². The van der Waals surface area contributed by atoms with Gasteiger partial charge in [-0.25, -0.2) is 9.59 Å². The molecule has 4 rings (SSSR count). The van der Waals surface area contributed by atoms with Gasteiger partial charge in [-0.2, -0.15) is 0 Å². The molecule has 2 atom stereocenters. The fraction of sp³-hybridized carbons (Fsp3) is 0.259. The number of carbonyl (C=O) groups is 4. The molecule has 2 amide bonds. The summed E-state index contributed by atoms with van der Waals surface area (Å²) in [5, 5.41) is 3.86. The fourth-order valence-electron chi connectivity index (χ4n) is 3.86. The van der Waals surface area contributed by atoms with Gasteiger partial charge in [0.15, 0.2) is 0 Å². The van der Waals surface area contributed by atoms with Crippen molar-refractivity contribution < 1.29 is 33.4 Å². The van der Waals surface area contributed by atoms with Gasteiger partial charge in [0.05, 0.1) is 20.6 Å². The van der Waals surface area contributed by atoms with Crippen molar-refractivity contribution in [3.63, 3.8) is 0 Å². The number of β-lactam (4-membered cyclic amide) rings is 1. The highest BCUT2D eigenvalue weighted by atomic mass is 32.2. The van der Waals surface area contributed by atoms with Crippen LogP contribution >= 0.6 is 23.5 Å². The van der Waals surface area contributed by atoms with Crippen LogP contribution in [-0.4, -0.2) is 60.0 Å². The van der Waals surface area contributed by atoms with Gasteiger partial charge in [-0.05, 0) is 28.7 Å². The maximum Gasteiger partial charge on any atom is 0.356 e. The first-order chi connectivity index (χ1) is 18.4. The molecule has 0 radical (unpaired) electrons. The van der Waals surface area contributed by atoms with Crippen molar-refractivity contribution in [2.24, 2.45) is 0 Å². The number of rotatable bonds is 10. The largest absolute Gasteiger partial charge is 0.497 e. The van der Waals surface area contributed by atoms with Crippen LogP contribution in [0.2, 0.25) is 0 Å². The monoisotopic (exact) mass is 554 g/mol. The minimum Gasteiger partial charge on any atom is -0.497 e. The number of fused-ring (bicyclic) bond motifs is 1. The van der Waals surface area contributed by atoms with Crippen molar-refractivity contribution in [2.75, 3.05) is 20.0 Å². The summed E-state index contributed by atoms with van der Waals surface area (Å²) in [6, 6.07) is 15.6. The molecule has 2 aliphatic rings. The van der Waals surface area contributed by atoms with Crippen LogP contribution in [0.4, 0.5) is 0 Å². The molecule has 38 heavy (non-hydrogen) atoms. The highest BCUT2D eigenvalue weighted by Crippen LogP contribution is 2.44. The molecule has 2 heterocycles. The minimum absolute atomic E-state index is 0.000641. The van der Waals surface area contributed by atoms with Crippen LogP contribution in [0.3, 0.4) is 0 Å². The Labute approximate surface area is 228 Å². The van der Waals surface area contributed by atoms with Crippen molar-refractivity contribution in [1.29, 1.82) is 0 Å². The SMILES string of the molecule is COC(=O)/C=C\SC1=C(C(=O)OCc2ccc(OC)cc2)N2C(=O)[C@@H](NC(=O)Cc3ccccc3)[C@@H]2SC1. The number of ether oxygens (including phenoxy) is 3. The van der Waals surface area contributed by atoms with E-state index in [1.54, 1.807) is 31.4 Å². The van der Waals surface area contributed by atoms with E-state index in [1.165, 1.54) is 35.3 Å². The van der Waals surface area contributed by atoms with E-state index in [1.807, 2.05) is 30.3 Å². The van der Waals surface area contributed by atoms with Crippen LogP contribution in [-0.2, 0) is 41.7 Å². The fourth-order valence-corrected chi connectivity index (χ4v) is 6.16. The third-order valence-electron chi connectivity index (χ3n) is 5.80. The molecule has 2 aromatic carbocycles. The normalized spacial score (nSPS) is 18.5. The van der Waals surface area contributed by atoms with Crippen LogP contribution < -0.4 is 10.1 Å². The van der Waals surface area contributed by atoms with Gasteiger partial charge in [0.25, 0.3) is 5.91 Å². The zero-order valence-electron chi connectivity index (χ0n) is 20.7. The van der Waals surface area contributed by atoms with Gasteiger partial charge in [-0.15, -0.1) is 11.8 Å². The third kappa shape index (κ3) is 6.40. The van der Waals surface area contributed by atoms with Gasteiger partial charge in [0.2, 0.25) is 5.91 Å². The Morgan fingerprint density at radius 2 is 1.82 bits per heavy atom. The standard InChI is InChI=1S/C27H26N2O7S2/c1-34-19-10-8-18(9-11-19)15-36-27(33)24-20(37-13-12-22(31)35-2)16-38-26-23(25(32)29(24)26)28-21(30)14-17-6-4-3-5-7-17/h3-13,23,26H,14-16H2,1-2H3,(H,28,30)/b13-12-/t23-,26+/m1/s1. The quantitative estimate of drug-likeness (QED) is 0.269. The maximum absolute atomic E-state index is 13.2. The second-order valence-electron chi connectivity index (χ2n) is 8.26. The van der Waals surface area contributed by atoms with Crippen LogP contribution in [0.15, 0.2) is 76.7 Å². The molecule has 1 saturated heterocycles. The van der Waals surface area contributed by atoms with Crippen LogP contribution in [0, 0.1) is 0 Å². The van der Waals surface area contributed by atoms with Gasteiger partial charge in [0, 0.05) is 16.7 Å². The summed E-state index contributed by atoms with van der Waals surface area (Å²) in [6.07, 6.45) is 1.38. The predicted molar refractivity (Wildman–Crippen MR) is 144 cm³/mol. The summed E-state index contributed by atoms with van der Waals surface area (Å²) in [7, 11) is 2.83. The molecule has 2 aromatic rings. The molecule has 2 aliphatic heterocycles. The Kier molecular flexibility index (Phi) is 9.14. The van der Waals surface area contributed by atoms with Crippen LogP contribution in [0.1, 0.15) is 11.1 Å². The topological polar surface area (TPSA) is 111 Å². The second-order valence-corrected chi connectivity index (χ2v) is 10.4. The van der Waals surface area contributed by atoms with Crippen LogP contribution in [0.5, 0.6) is 5.75 Å². The molecular weight excluding hydrogens is 528 g/mol. The Morgan fingerprint density at radius 3 is 2.50 bits per heavy atom. The molecule has 0 bridgehead atoms. The van der Waals surface area contributed by atoms with Crippen molar-refractivity contribution >= 4 is 47.3 Å². The zero-order valence-corrected chi connectivity index (χ0v) is 22.4. The molecule has 198 valence electrons. The lowest BCUT2D eigenvalue weighted by molar-refractivity contribution is -0.153. The van der Waals surface area contributed by atoms with Crippen molar-refractivity contribution in [3.8, 4) is 5.75 Å². The minimum atomic E-state index is -0.752. The molecule has 1 N–H and O–H groups in total. The lowest BCUT2D eigenvalue weighted by atomic mass is 10.0. The van der Waals surface area contributed by atoms with E-state index in [9.17, 15) is 19.2 Å². The highest BCUT2D eigenvalue weighted by Gasteiger charge is 2.54.